The average Bonchev–Trinajstić information content (AvgIpc) is 3.08. The maximum Gasteiger partial charge on any atom is 0.124 e. The van der Waals surface area contributed by atoms with E-state index in [1.54, 1.807) is 22.7 Å². The van der Waals surface area contributed by atoms with E-state index in [-0.39, 0.29) is 0 Å². The van der Waals surface area contributed by atoms with E-state index in [1.807, 2.05) is 24.3 Å². The summed E-state index contributed by atoms with van der Waals surface area (Å²) in [6.07, 6.45) is 0. The van der Waals surface area contributed by atoms with Crippen LogP contribution in [-0.4, -0.2) is 4.98 Å². The molecule has 0 spiro atoms. The molecule has 0 bridgehead atoms. The fourth-order valence-corrected chi connectivity index (χ4v) is 3.78. The zero-order valence-corrected chi connectivity index (χ0v) is 11.9. The number of alkyl halides is 1. The van der Waals surface area contributed by atoms with Crippen LogP contribution in [0.1, 0.15) is 4.88 Å². The normalized spacial score (nSPS) is 10.7. The van der Waals surface area contributed by atoms with Gasteiger partial charge >= 0.3 is 0 Å². The summed E-state index contributed by atoms with van der Waals surface area (Å²) in [5.74, 6) is 0.512. The minimum Gasteiger partial charge on any atom is -0.235 e. The number of nitrogens with zero attached hydrogens (tertiary/aromatic N) is 1. The molecule has 0 saturated carbocycles. The SMILES string of the molecule is ClCc1sc(-c2ccccc2)nc1-c1cccs1. The third-order valence-electron chi connectivity index (χ3n) is 2.59. The molecule has 3 aromatic rings. The highest BCUT2D eigenvalue weighted by Crippen LogP contribution is 2.36. The molecule has 0 aliphatic heterocycles. The number of hydrogen-bond acceptors (Lipinski definition) is 3. The molecule has 0 fully saturated rings. The Morgan fingerprint density at radius 1 is 1.06 bits per heavy atom. The Labute approximate surface area is 119 Å². The summed E-state index contributed by atoms with van der Waals surface area (Å²) in [7, 11) is 0. The number of hydrogen-bond donors (Lipinski definition) is 0. The second-order valence-electron chi connectivity index (χ2n) is 3.77. The predicted molar refractivity (Wildman–Crippen MR) is 80.4 cm³/mol. The van der Waals surface area contributed by atoms with Crippen molar-refractivity contribution in [1.82, 2.24) is 4.98 Å². The Bertz CT molecular complexity index is 629. The van der Waals surface area contributed by atoms with Gasteiger partial charge in [-0.3, -0.25) is 0 Å². The van der Waals surface area contributed by atoms with E-state index in [1.165, 1.54) is 4.88 Å². The van der Waals surface area contributed by atoms with Gasteiger partial charge in [0.1, 0.15) is 5.01 Å². The number of halogens is 1. The van der Waals surface area contributed by atoms with E-state index in [9.17, 15) is 0 Å². The molecule has 1 aromatic carbocycles. The Morgan fingerprint density at radius 3 is 2.56 bits per heavy atom. The number of thiazole rings is 1. The van der Waals surface area contributed by atoms with Gasteiger partial charge in [0, 0.05) is 10.4 Å². The topological polar surface area (TPSA) is 12.9 Å². The highest BCUT2D eigenvalue weighted by atomic mass is 35.5. The number of benzene rings is 1. The fourth-order valence-electron chi connectivity index (χ4n) is 1.75. The Morgan fingerprint density at radius 2 is 1.89 bits per heavy atom. The monoisotopic (exact) mass is 291 g/mol. The van der Waals surface area contributed by atoms with Crippen molar-refractivity contribution in [1.29, 1.82) is 0 Å². The molecule has 0 amide bonds. The minimum absolute atomic E-state index is 0.512. The average molecular weight is 292 g/mol. The summed E-state index contributed by atoms with van der Waals surface area (Å²) < 4.78 is 0. The van der Waals surface area contributed by atoms with Gasteiger partial charge < -0.3 is 0 Å². The number of aromatic nitrogens is 1. The summed E-state index contributed by atoms with van der Waals surface area (Å²) in [5, 5.41) is 3.10. The zero-order valence-electron chi connectivity index (χ0n) is 9.47. The van der Waals surface area contributed by atoms with Gasteiger partial charge in [0.15, 0.2) is 0 Å². The summed E-state index contributed by atoms with van der Waals surface area (Å²) >= 11 is 9.40. The molecule has 0 aliphatic rings. The van der Waals surface area contributed by atoms with Crippen LogP contribution in [0.3, 0.4) is 0 Å². The van der Waals surface area contributed by atoms with Gasteiger partial charge in [0.25, 0.3) is 0 Å². The fraction of sp³-hybridized carbons (Fsp3) is 0.0714. The third kappa shape index (κ3) is 2.21. The molecule has 0 N–H and O–H groups in total. The molecular formula is C14H10ClNS2. The van der Waals surface area contributed by atoms with E-state index < -0.39 is 0 Å². The van der Waals surface area contributed by atoms with Crippen LogP contribution >= 0.6 is 34.3 Å². The predicted octanol–water partition coefficient (Wildman–Crippen LogP) is 5.28. The standard InChI is InChI=1S/C14H10ClNS2/c15-9-12-13(11-7-4-8-17-11)16-14(18-12)10-5-2-1-3-6-10/h1-8H,9H2. The molecule has 4 heteroatoms. The molecule has 18 heavy (non-hydrogen) atoms. The zero-order chi connectivity index (χ0) is 12.4. The third-order valence-corrected chi connectivity index (χ3v) is 5.00. The van der Waals surface area contributed by atoms with E-state index >= 15 is 0 Å². The molecule has 2 aromatic heterocycles. The molecule has 0 radical (unpaired) electrons. The molecule has 2 heterocycles. The molecule has 90 valence electrons. The molecule has 0 unspecified atom stereocenters. The van der Waals surface area contributed by atoms with Gasteiger partial charge in [0.05, 0.1) is 16.5 Å². The van der Waals surface area contributed by atoms with Gasteiger partial charge in [0.2, 0.25) is 0 Å². The molecule has 0 saturated heterocycles. The summed E-state index contributed by atoms with van der Waals surface area (Å²) in [6, 6.07) is 14.4. The lowest BCUT2D eigenvalue weighted by Gasteiger charge is -1.94. The lowest BCUT2D eigenvalue weighted by molar-refractivity contribution is 1.37. The van der Waals surface area contributed by atoms with Crippen molar-refractivity contribution >= 4 is 34.3 Å². The smallest absolute Gasteiger partial charge is 0.124 e. The van der Waals surface area contributed by atoms with Crippen LogP contribution in [0.15, 0.2) is 47.8 Å². The van der Waals surface area contributed by atoms with E-state index in [2.05, 4.69) is 23.6 Å². The quantitative estimate of drug-likeness (QED) is 0.599. The van der Waals surface area contributed by atoms with Gasteiger partial charge in [-0.1, -0.05) is 36.4 Å². The maximum atomic E-state index is 6.02. The lowest BCUT2D eigenvalue weighted by atomic mass is 10.2. The van der Waals surface area contributed by atoms with Gasteiger partial charge in [-0.05, 0) is 11.4 Å². The largest absolute Gasteiger partial charge is 0.235 e. The first-order chi connectivity index (χ1) is 8.88. The Balaban J connectivity index is 2.09. The first-order valence-electron chi connectivity index (χ1n) is 5.53. The minimum atomic E-state index is 0.512. The van der Waals surface area contributed by atoms with Crippen molar-refractivity contribution in [2.45, 2.75) is 5.88 Å². The first kappa shape index (κ1) is 11.9. The van der Waals surface area contributed by atoms with Crippen molar-refractivity contribution in [2.24, 2.45) is 0 Å². The second kappa shape index (κ2) is 5.22. The Kier molecular flexibility index (Phi) is 3.46. The highest BCUT2D eigenvalue weighted by molar-refractivity contribution is 7.17. The van der Waals surface area contributed by atoms with Gasteiger partial charge in [-0.15, -0.1) is 34.3 Å². The highest BCUT2D eigenvalue weighted by Gasteiger charge is 2.13. The summed E-state index contributed by atoms with van der Waals surface area (Å²) in [4.78, 5) is 7.06. The molecule has 0 atom stereocenters. The van der Waals surface area contributed by atoms with Crippen molar-refractivity contribution in [3.05, 3.63) is 52.7 Å². The van der Waals surface area contributed by atoms with Crippen LogP contribution in [0.5, 0.6) is 0 Å². The first-order valence-corrected chi connectivity index (χ1v) is 7.76. The van der Waals surface area contributed by atoms with E-state index in [4.69, 9.17) is 16.6 Å². The van der Waals surface area contributed by atoms with E-state index in [0.717, 1.165) is 21.1 Å². The van der Waals surface area contributed by atoms with Crippen molar-refractivity contribution in [2.75, 3.05) is 0 Å². The van der Waals surface area contributed by atoms with Crippen molar-refractivity contribution in [3.8, 4) is 21.1 Å². The van der Waals surface area contributed by atoms with E-state index in [0.29, 0.717) is 5.88 Å². The van der Waals surface area contributed by atoms with Crippen molar-refractivity contribution < 1.29 is 0 Å². The molecule has 1 nitrogen and oxygen atoms in total. The van der Waals surface area contributed by atoms with Gasteiger partial charge in [-0.25, -0.2) is 4.98 Å². The molecular weight excluding hydrogens is 282 g/mol. The summed E-state index contributed by atoms with van der Waals surface area (Å²) in [5.41, 5.74) is 2.18. The van der Waals surface area contributed by atoms with Crippen LogP contribution in [-0.2, 0) is 5.88 Å². The number of thiophene rings is 1. The summed E-state index contributed by atoms with van der Waals surface area (Å²) in [6.45, 7) is 0. The molecule has 0 aliphatic carbocycles. The van der Waals surface area contributed by atoms with Gasteiger partial charge in [-0.2, -0.15) is 0 Å². The molecule has 3 rings (SSSR count). The lowest BCUT2D eigenvalue weighted by Crippen LogP contribution is -1.79. The number of rotatable bonds is 3. The van der Waals surface area contributed by atoms with Crippen LogP contribution < -0.4 is 0 Å². The second-order valence-corrected chi connectivity index (χ2v) is 6.07. The van der Waals surface area contributed by atoms with Crippen LogP contribution in [0.25, 0.3) is 21.1 Å². The van der Waals surface area contributed by atoms with Crippen LogP contribution in [0.4, 0.5) is 0 Å². The Hall–Kier alpha value is -1.16. The maximum absolute atomic E-state index is 6.02. The van der Waals surface area contributed by atoms with Crippen LogP contribution in [0, 0.1) is 0 Å². The van der Waals surface area contributed by atoms with Crippen molar-refractivity contribution in [3.63, 3.8) is 0 Å². The van der Waals surface area contributed by atoms with Crippen LogP contribution in [0.2, 0.25) is 0 Å².